The van der Waals surface area contributed by atoms with E-state index >= 15 is 0 Å². The fourth-order valence-electron chi connectivity index (χ4n) is 9.76. The lowest BCUT2D eigenvalue weighted by Crippen LogP contribution is -2.29. The van der Waals surface area contributed by atoms with Crippen molar-refractivity contribution in [2.45, 2.75) is 80.8 Å². The van der Waals surface area contributed by atoms with E-state index in [0.717, 1.165) is 97.1 Å². The average molecular weight is 905 g/mol. The van der Waals surface area contributed by atoms with E-state index in [-0.39, 0.29) is 17.8 Å². The number of furan rings is 1. The zero-order valence-corrected chi connectivity index (χ0v) is 40.6. The molecule has 8 aromatic rings. The van der Waals surface area contributed by atoms with Crippen molar-refractivity contribution in [1.29, 1.82) is 0 Å². The Morgan fingerprint density at radius 1 is 0.721 bits per heavy atom. The van der Waals surface area contributed by atoms with Crippen LogP contribution in [0.25, 0.3) is 54.3 Å². The predicted molar refractivity (Wildman–Crippen MR) is 287 cm³/mol. The maximum absolute atomic E-state index is 14.7. The van der Waals surface area contributed by atoms with E-state index in [1.54, 1.807) is 12.1 Å². The van der Waals surface area contributed by atoms with Crippen molar-refractivity contribution in [1.82, 2.24) is 0 Å². The Morgan fingerprint density at radius 3 is 2.06 bits per heavy atom. The van der Waals surface area contributed by atoms with Crippen molar-refractivity contribution < 1.29 is 17.9 Å². The number of anilines is 4. The second-order valence-corrected chi connectivity index (χ2v) is 16.8. The molecule has 2 atom stereocenters. The van der Waals surface area contributed by atoms with E-state index < -0.39 is 0 Å². The van der Waals surface area contributed by atoms with E-state index in [1.807, 2.05) is 46.8 Å². The van der Waals surface area contributed by atoms with Gasteiger partial charge in [0, 0.05) is 45.4 Å². The molecule has 11 rings (SSSR count). The number of aryl methyl sites for hydroxylation is 1. The summed E-state index contributed by atoms with van der Waals surface area (Å²) in [6.45, 7) is 16.9. The van der Waals surface area contributed by atoms with Crippen molar-refractivity contribution >= 4 is 77.0 Å². The molecule has 1 fully saturated rings. The Kier molecular flexibility index (Phi) is 14.7. The summed E-state index contributed by atoms with van der Waals surface area (Å²) in [6, 6.07) is 37.7. The first kappa shape index (κ1) is 47.3. The van der Waals surface area contributed by atoms with Crippen LogP contribution in [0.3, 0.4) is 0 Å². The number of fused-ring (bicyclic) bond motifs is 7. The minimum atomic E-state index is -0.270. The molecule has 1 aliphatic heterocycles. The summed E-state index contributed by atoms with van der Waals surface area (Å²) in [6.07, 6.45) is 22.2. The van der Waals surface area contributed by atoms with Gasteiger partial charge in [-0.05, 0) is 127 Å². The smallest absolute Gasteiger partial charge is 0.159 e. The molecule has 4 nitrogen and oxygen atoms in total. The second kappa shape index (κ2) is 21.2. The SMILES string of the molecule is C/C=C\CN(c1ccc2ccc3c(N(C4=C5OC6CC(C=CC=C6C)C5=CCC=C4)c4ccc(F)cc4)ccc4ccc1c2c43)c1cccc2c1oc1c(C)cccc12.CC.CC.CC/C=C/F. The Bertz CT molecular complexity index is 3290. The second-order valence-electron chi connectivity index (χ2n) is 16.8. The van der Waals surface area contributed by atoms with E-state index in [9.17, 15) is 8.78 Å². The lowest BCUT2D eigenvalue weighted by Gasteiger charge is -2.36. The van der Waals surface area contributed by atoms with Crippen molar-refractivity contribution in [2.75, 3.05) is 16.3 Å². The van der Waals surface area contributed by atoms with Crippen LogP contribution >= 0.6 is 0 Å². The molecule has 3 aliphatic rings. The monoisotopic (exact) mass is 904 g/mol. The van der Waals surface area contributed by atoms with Gasteiger partial charge in [-0.25, -0.2) is 8.78 Å². The van der Waals surface area contributed by atoms with Gasteiger partial charge in [0.1, 0.15) is 23.3 Å². The quantitative estimate of drug-likeness (QED) is 0.112. The first-order valence-corrected chi connectivity index (χ1v) is 24.3. The first-order chi connectivity index (χ1) is 33.4. The molecule has 0 saturated carbocycles. The van der Waals surface area contributed by atoms with Crippen LogP contribution in [0.5, 0.6) is 0 Å². The highest BCUT2D eigenvalue weighted by molar-refractivity contribution is 6.28. The zero-order chi connectivity index (χ0) is 47.9. The summed E-state index contributed by atoms with van der Waals surface area (Å²) < 4.78 is 39.2. The lowest BCUT2D eigenvalue weighted by molar-refractivity contribution is 0.109. The summed E-state index contributed by atoms with van der Waals surface area (Å²) in [4.78, 5) is 4.67. The highest BCUT2D eigenvalue weighted by Crippen LogP contribution is 2.49. The van der Waals surface area contributed by atoms with Gasteiger partial charge in [0.15, 0.2) is 5.58 Å². The normalized spacial score (nSPS) is 16.4. The Balaban J connectivity index is 0.000000647. The number of rotatable bonds is 8. The van der Waals surface area contributed by atoms with Gasteiger partial charge in [0.05, 0.1) is 23.4 Å². The van der Waals surface area contributed by atoms with Gasteiger partial charge in [-0.15, -0.1) is 0 Å². The predicted octanol–water partition coefficient (Wildman–Crippen LogP) is 18.7. The maximum Gasteiger partial charge on any atom is 0.159 e. The third-order valence-corrected chi connectivity index (χ3v) is 12.9. The maximum atomic E-state index is 14.7. The van der Waals surface area contributed by atoms with Gasteiger partial charge in [-0.1, -0.05) is 150 Å². The molecule has 0 spiro atoms. The van der Waals surface area contributed by atoms with Crippen LogP contribution in [-0.2, 0) is 4.74 Å². The summed E-state index contributed by atoms with van der Waals surface area (Å²) in [5.74, 6) is 0.848. The van der Waals surface area contributed by atoms with Crippen molar-refractivity contribution in [3.63, 3.8) is 0 Å². The van der Waals surface area contributed by atoms with Gasteiger partial charge in [0.2, 0.25) is 0 Å². The summed E-state index contributed by atoms with van der Waals surface area (Å²) in [7, 11) is 0. The van der Waals surface area contributed by atoms with Crippen molar-refractivity contribution in [3.8, 4) is 0 Å². The first-order valence-electron chi connectivity index (χ1n) is 24.3. The van der Waals surface area contributed by atoms with E-state index in [1.165, 1.54) is 33.4 Å². The molecule has 0 amide bonds. The Morgan fingerprint density at radius 2 is 1.38 bits per heavy atom. The van der Waals surface area contributed by atoms with Crippen LogP contribution in [0.1, 0.15) is 73.3 Å². The highest BCUT2D eigenvalue weighted by atomic mass is 19.1. The van der Waals surface area contributed by atoms with Crippen LogP contribution in [0, 0.1) is 18.7 Å². The number of ether oxygens (including phenoxy) is 1. The molecule has 346 valence electrons. The third kappa shape index (κ3) is 8.76. The van der Waals surface area contributed by atoms with E-state index in [4.69, 9.17) is 9.15 Å². The number of hydrogen-bond donors (Lipinski definition) is 0. The minimum absolute atomic E-state index is 0.0292. The van der Waals surface area contributed by atoms with Crippen molar-refractivity contribution in [2.24, 2.45) is 5.92 Å². The molecule has 0 radical (unpaired) electrons. The molecule has 7 aromatic carbocycles. The summed E-state index contributed by atoms with van der Waals surface area (Å²) in [5.41, 5.74) is 10.3. The molecule has 2 aliphatic carbocycles. The molecule has 6 heteroatoms. The summed E-state index contributed by atoms with van der Waals surface area (Å²) in [5, 5.41) is 9.24. The van der Waals surface area contributed by atoms with Crippen molar-refractivity contribution in [3.05, 3.63) is 204 Å². The molecule has 68 heavy (non-hydrogen) atoms. The average Bonchev–Trinajstić information content (AvgIpc) is 3.55. The van der Waals surface area contributed by atoms with Gasteiger partial charge in [-0.2, -0.15) is 0 Å². The molecular formula is C62H62F2N2O2. The highest BCUT2D eigenvalue weighted by Gasteiger charge is 2.35. The molecule has 2 heterocycles. The Hall–Kier alpha value is -7.18. The fourth-order valence-corrected chi connectivity index (χ4v) is 9.76. The molecule has 0 N–H and O–H groups in total. The minimum Gasteiger partial charge on any atom is -0.484 e. The van der Waals surface area contributed by atoms with Crippen LogP contribution in [0.2, 0.25) is 0 Å². The summed E-state index contributed by atoms with van der Waals surface area (Å²) >= 11 is 0. The molecule has 2 bridgehead atoms. The number of nitrogens with zero attached hydrogens (tertiary/aromatic N) is 2. The Labute approximate surface area is 400 Å². The van der Waals surface area contributed by atoms with Crippen LogP contribution < -0.4 is 9.80 Å². The van der Waals surface area contributed by atoms with Crippen LogP contribution in [0.4, 0.5) is 31.5 Å². The third-order valence-electron chi connectivity index (χ3n) is 12.9. The number of hydrogen-bond acceptors (Lipinski definition) is 4. The standard InChI is InChI=1S/C54H43FN2O2.C4H7F.2C2H6/c1-4-5-31-56(47-18-10-16-42-41-15-9-12-34(3)52(41)59-54(42)47)45-29-21-35-20-28-44-46(30-22-36-19-27-43(45)50(35)51(36)44)57(39-25-23-38(55)24-26-39)48-17-7-6-14-40-37-13-8-11-33(2)49(32-37)58-53(40)48;1-2-3-4-5;2*1-2/h4-5,7-30,37,49H,6,31-32H2,1-3H3;3-4H,2H2,1H3;2*1-2H3/b5-4-;4-3+;;. The molecule has 1 saturated heterocycles. The van der Waals surface area contributed by atoms with Gasteiger partial charge in [0.25, 0.3) is 0 Å². The zero-order valence-electron chi connectivity index (χ0n) is 40.6. The molecule has 1 aromatic heterocycles. The van der Waals surface area contributed by atoms with E-state index in [0.29, 0.717) is 12.9 Å². The lowest BCUT2D eigenvalue weighted by atomic mass is 9.86. The molecule has 2 unspecified atom stereocenters. The van der Waals surface area contributed by atoms with Crippen LogP contribution in [-0.4, -0.2) is 12.6 Å². The molecular weight excluding hydrogens is 843 g/mol. The number of para-hydroxylation sites is 2. The number of allylic oxidation sites excluding steroid dienone is 9. The van der Waals surface area contributed by atoms with Gasteiger partial charge in [-0.3, -0.25) is 0 Å². The van der Waals surface area contributed by atoms with Gasteiger partial charge < -0.3 is 19.0 Å². The van der Waals surface area contributed by atoms with Crippen LogP contribution in [0.15, 0.2) is 197 Å². The fraction of sp³-hybridized carbons (Fsp3) is 0.226. The largest absolute Gasteiger partial charge is 0.484 e. The number of benzene rings is 7. The van der Waals surface area contributed by atoms with Gasteiger partial charge >= 0.3 is 0 Å². The topological polar surface area (TPSA) is 28.9 Å². The number of halogens is 2. The van der Waals surface area contributed by atoms with E-state index in [2.05, 4.69) is 164 Å².